The van der Waals surface area contributed by atoms with Crippen LogP contribution < -0.4 is 5.73 Å². The summed E-state index contributed by atoms with van der Waals surface area (Å²) in [5, 5.41) is 4.25. The van der Waals surface area contributed by atoms with E-state index in [0.29, 0.717) is 16.1 Å². The maximum atomic E-state index is 5.86. The molecule has 0 bridgehead atoms. The summed E-state index contributed by atoms with van der Waals surface area (Å²) < 4.78 is 2.30. The van der Waals surface area contributed by atoms with Gasteiger partial charge in [0.05, 0.1) is 4.70 Å². The summed E-state index contributed by atoms with van der Waals surface area (Å²) in [4.78, 5) is 12.7. The number of nitrogen functional groups attached to an aromatic ring is 1. The fourth-order valence-corrected chi connectivity index (χ4v) is 4.38. The summed E-state index contributed by atoms with van der Waals surface area (Å²) in [7, 11) is 0. The first-order valence-corrected chi connectivity index (χ1v) is 9.10. The van der Waals surface area contributed by atoms with E-state index in [9.17, 15) is 0 Å². The Morgan fingerprint density at radius 3 is 3.00 bits per heavy atom. The number of nitrogens with zero attached hydrogens (tertiary/aromatic N) is 3. The molecule has 0 aromatic carbocycles. The van der Waals surface area contributed by atoms with Crippen molar-refractivity contribution in [3.8, 4) is 0 Å². The van der Waals surface area contributed by atoms with Crippen molar-refractivity contribution in [2.24, 2.45) is 0 Å². The predicted octanol–water partition coefficient (Wildman–Crippen LogP) is 4.42. The van der Waals surface area contributed by atoms with Gasteiger partial charge in [-0.15, -0.1) is 11.3 Å². The number of pyridine rings is 1. The number of aryl methyl sites for hydroxylation is 1. The third-order valence-corrected chi connectivity index (χ3v) is 5.69. The fourth-order valence-electron chi connectivity index (χ4n) is 1.81. The molecule has 2 N–H and O–H groups in total. The quantitative estimate of drug-likeness (QED) is 0.398. The Morgan fingerprint density at radius 1 is 1.33 bits per heavy atom. The predicted molar refractivity (Wildman–Crippen MR) is 93.2 cm³/mol. The molecule has 0 unspecified atom stereocenters. The highest BCUT2D eigenvalue weighted by atomic mass is 79.9. The summed E-state index contributed by atoms with van der Waals surface area (Å²) >= 11 is 12.6. The largest absolute Gasteiger partial charge is 0.384 e. The Bertz CT molecular complexity index is 773. The topological polar surface area (TPSA) is 64.7 Å². The molecule has 3 rings (SSSR count). The number of thiophene rings is 1. The van der Waals surface area contributed by atoms with E-state index < -0.39 is 0 Å². The van der Waals surface area contributed by atoms with E-state index in [4.69, 9.17) is 17.3 Å². The standard InChI is InChI=1S/C13H10BrClN4S2/c14-9-6-21-10-5-17-7(3-8(9)10)1-2-20-13-18-11(15)4-12(16)19-13/h3-6H,1-2H2,(H2,16,18,19). The van der Waals surface area contributed by atoms with E-state index in [-0.39, 0.29) is 0 Å². The molecule has 0 aliphatic carbocycles. The summed E-state index contributed by atoms with van der Waals surface area (Å²) in [6.07, 6.45) is 2.75. The Kier molecular flexibility index (Phi) is 4.63. The lowest BCUT2D eigenvalue weighted by atomic mass is 10.2. The van der Waals surface area contributed by atoms with Gasteiger partial charge in [0.15, 0.2) is 5.16 Å². The van der Waals surface area contributed by atoms with Gasteiger partial charge in [-0.25, -0.2) is 9.97 Å². The number of hydrogen-bond donors (Lipinski definition) is 1. The lowest BCUT2D eigenvalue weighted by Crippen LogP contribution is -1.97. The van der Waals surface area contributed by atoms with Crippen LogP contribution in [-0.2, 0) is 6.42 Å². The average molecular weight is 402 g/mol. The highest BCUT2D eigenvalue weighted by Gasteiger charge is 2.06. The van der Waals surface area contributed by atoms with Crippen LogP contribution in [0.3, 0.4) is 0 Å². The van der Waals surface area contributed by atoms with Crippen molar-refractivity contribution in [3.63, 3.8) is 0 Å². The van der Waals surface area contributed by atoms with E-state index in [1.165, 1.54) is 27.9 Å². The zero-order valence-electron chi connectivity index (χ0n) is 10.7. The molecule has 21 heavy (non-hydrogen) atoms. The molecule has 0 aliphatic rings. The van der Waals surface area contributed by atoms with Gasteiger partial charge in [0.25, 0.3) is 0 Å². The zero-order chi connectivity index (χ0) is 14.8. The minimum atomic E-state index is 0.367. The van der Waals surface area contributed by atoms with Crippen LogP contribution >= 0.6 is 50.6 Å². The molecule has 0 amide bonds. The first-order chi connectivity index (χ1) is 10.1. The smallest absolute Gasteiger partial charge is 0.190 e. The van der Waals surface area contributed by atoms with Crippen molar-refractivity contribution in [1.29, 1.82) is 0 Å². The monoisotopic (exact) mass is 400 g/mol. The molecule has 3 heterocycles. The Balaban J connectivity index is 1.67. The van der Waals surface area contributed by atoms with Crippen LogP contribution in [0, 0.1) is 0 Å². The van der Waals surface area contributed by atoms with Gasteiger partial charge >= 0.3 is 0 Å². The number of nitrogens with two attached hydrogens (primary N) is 1. The molecule has 8 heteroatoms. The summed E-state index contributed by atoms with van der Waals surface area (Å²) in [6, 6.07) is 3.65. The van der Waals surface area contributed by atoms with Gasteiger partial charge in [0.1, 0.15) is 11.0 Å². The zero-order valence-corrected chi connectivity index (χ0v) is 14.7. The Labute approximate surface area is 143 Å². The molecule has 0 atom stereocenters. The number of halogens is 2. The van der Waals surface area contributed by atoms with Gasteiger partial charge < -0.3 is 5.73 Å². The summed E-state index contributed by atoms with van der Waals surface area (Å²) in [6.45, 7) is 0. The number of rotatable bonds is 4. The summed E-state index contributed by atoms with van der Waals surface area (Å²) in [5.74, 6) is 1.21. The summed E-state index contributed by atoms with van der Waals surface area (Å²) in [5.41, 5.74) is 6.69. The SMILES string of the molecule is Nc1cc(Cl)nc(SCCc2cc3c(Br)csc3cn2)n1. The molecule has 0 aliphatic heterocycles. The van der Waals surface area contributed by atoms with Crippen molar-refractivity contribution in [2.75, 3.05) is 11.5 Å². The molecule has 0 spiro atoms. The Morgan fingerprint density at radius 2 is 2.19 bits per heavy atom. The third-order valence-electron chi connectivity index (χ3n) is 2.75. The molecule has 4 nitrogen and oxygen atoms in total. The minimum absolute atomic E-state index is 0.367. The Hall–Kier alpha value is -0.890. The third kappa shape index (κ3) is 3.66. The molecule has 108 valence electrons. The lowest BCUT2D eigenvalue weighted by molar-refractivity contribution is 0.969. The van der Waals surface area contributed by atoms with Crippen LogP contribution in [-0.4, -0.2) is 20.7 Å². The fraction of sp³-hybridized carbons (Fsp3) is 0.154. The van der Waals surface area contributed by atoms with Crippen LogP contribution in [0.4, 0.5) is 5.82 Å². The van der Waals surface area contributed by atoms with Crippen molar-refractivity contribution < 1.29 is 0 Å². The second kappa shape index (κ2) is 6.48. The van der Waals surface area contributed by atoms with Gasteiger partial charge in [0.2, 0.25) is 0 Å². The highest BCUT2D eigenvalue weighted by molar-refractivity contribution is 9.10. The van der Waals surface area contributed by atoms with Crippen LogP contribution in [0.15, 0.2) is 33.3 Å². The van der Waals surface area contributed by atoms with Crippen LogP contribution in [0.5, 0.6) is 0 Å². The number of anilines is 1. The van der Waals surface area contributed by atoms with Crippen LogP contribution in [0.2, 0.25) is 5.15 Å². The van der Waals surface area contributed by atoms with E-state index in [1.54, 1.807) is 11.3 Å². The van der Waals surface area contributed by atoms with Gasteiger partial charge in [0, 0.05) is 38.9 Å². The van der Waals surface area contributed by atoms with E-state index in [2.05, 4.69) is 42.3 Å². The van der Waals surface area contributed by atoms with Crippen molar-refractivity contribution in [1.82, 2.24) is 15.0 Å². The van der Waals surface area contributed by atoms with E-state index in [1.807, 2.05) is 6.20 Å². The van der Waals surface area contributed by atoms with Gasteiger partial charge in [-0.05, 0) is 28.4 Å². The molecule has 0 saturated carbocycles. The van der Waals surface area contributed by atoms with Crippen molar-refractivity contribution >= 4 is 66.5 Å². The molecule has 3 aromatic rings. The maximum absolute atomic E-state index is 5.86. The number of fused-ring (bicyclic) bond motifs is 1. The van der Waals surface area contributed by atoms with Gasteiger partial charge in [-0.1, -0.05) is 23.4 Å². The number of thioether (sulfide) groups is 1. The lowest BCUT2D eigenvalue weighted by Gasteiger charge is -2.02. The molecule has 0 radical (unpaired) electrons. The van der Waals surface area contributed by atoms with Crippen LogP contribution in [0.25, 0.3) is 10.1 Å². The van der Waals surface area contributed by atoms with Gasteiger partial charge in [-0.3, -0.25) is 4.98 Å². The molecule has 3 aromatic heterocycles. The van der Waals surface area contributed by atoms with E-state index >= 15 is 0 Å². The maximum Gasteiger partial charge on any atom is 0.190 e. The molecule has 0 fully saturated rings. The number of aromatic nitrogens is 3. The highest BCUT2D eigenvalue weighted by Crippen LogP contribution is 2.30. The van der Waals surface area contributed by atoms with Crippen molar-refractivity contribution in [2.45, 2.75) is 11.6 Å². The molecular weight excluding hydrogens is 392 g/mol. The first-order valence-electron chi connectivity index (χ1n) is 6.06. The molecule has 0 saturated heterocycles. The van der Waals surface area contributed by atoms with E-state index in [0.717, 1.165) is 22.3 Å². The minimum Gasteiger partial charge on any atom is -0.384 e. The average Bonchev–Trinajstić information content (AvgIpc) is 2.79. The number of hydrogen-bond acceptors (Lipinski definition) is 6. The first kappa shape index (κ1) is 15.0. The van der Waals surface area contributed by atoms with Gasteiger partial charge in [-0.2, -0.15) is 0 Å². The normalized spacial score (nSPS) is 11.1. The second-order valence-corrected chi connectivity index (χ2v) is 7.47. The molecular formula is C13H10BrClN4S2. The van der Waals surface area contributed by atoms with Crippen molar-refractivity contribution in [3.05, 3.63) is 39.0 Å². The van der Waals surface area contributed by atoms with Crippen LogP contribution in [0.1, 0.15) is 5.69 Å². The second-order valence-electron chi connectivity index (χ2n) is 4.25.